The van der Waals surface area contributed by atoms with E-state index in [0.29, 0.717) is 6.54 Å². The van der Waals surface area contributed by atoms with Gasteiger partial charge < -0.3 is 10.2 Å². The highest BCUT2D eigenvalue weighted by molar-refractivity contribution is 5.73. The fourth-order valence-electron chi connectivity index (χ4n) is 1.39. The van der Waals surface area contributed by atoms with Crippen LogP contribution in [0.2, 0.25) is 0 Å². The summed E-state index contributed by atoms with van der Waals surface area (Å²) in [5.41, 5.74) is 1.03. The minimum atomic E-state index is -1.00. The molecule has 1 atom stereocenters. The Bertz CT molecular complexity index is 313. The number of aliphatic hydroxyl groups excluding tert-OH is 1. The molecule has 0 spiro atoms. The summed E-state index contributed by atoms with van der Waals surface area (Å²) in [6, 6.07) is 8.71. The predicted molar refractivity (Wildman–Crippen MR) is 56.4 cm³/mol. The Kier molecular flexibility index (Phi) is 4.27. The van der Waals surface area contributed by atoms with Gasteiger partial charge in [0, 0.05) is 6.54 Å². The number of likely N-dealkylation sites (N-methyl/N-ethyl adjacent to an activating group) is 1. The molecule has 0 heterocycles. The van der Waals surface area contributed by atoms with Crippen LogP contribution in [0.4, 0.5) is 0 Å². The zero-order valence-electron chi connectivity index (χ0n) is 8.63. The van der Waals surface area contributed by atoms with Crippen LogP contribution in [0.15, 0.2) is 30.3 Å². The van der Waals surface area contributed by atoms with Crippen LogP contribution in [0, 0.1) is 0 Å². The molecule has 1 rings (SSSR count). The molecule has 1 unspecified atom stereocenters. The molecule has 0 saturated heterocycles. The summed E-state index contributed by atoms with van der Waals surface area (Å²) in [4.78, 5) is 12.4. The van der Waals surface area contributed by atoms with E-state index in [1.54, 1.807) is 11.9 Å². The van der Waals surface area contributed by atoms with E-state index in [1.807, 2.05) is 30.3 Å². The zero-order chi connectivity index (χ0) is 11.3. The van der Waals surface area contributed by atoms with Crippen molar-refractivity contribution < 1.29 is 15.0 Å². The second-order valence-corrected chi connectivity index (χ2v) is 3.44. The Morgan fingerprint density at radius 2 is 2.00 bits per heavy atom. The van der Waals surface area contributed by atoms with Crippen molar-refractivity contribution in [2.75, 3.05) is 13.7 Å². The SMILES string of the molecule is CN(Cc1ccccc1)C(CO)C(=O)O. The highest BCUT2D eigenvalue weighted by atomic mass is 16.4. The lowest BCUT2D eigenvalue weighted by Gasteiger charge is -2.22. The van der Waals surface area contributed by atoms with E-state index in [4.69, 9.17) is 10.2 Å². The fourth-order valence-corrected chi connectivity index (χ4v) is 1.39. The van der Waals surface area contributed by atoms with Crippen molar-refractivity contribution in [2.24, 2.45) is 0 Å². The van der Waals surface area contributed by atoms with Gasteiger partial charge in [-0.05, 0) is 12.6 Å². The van der Waals surface area contributed by atoms with E-state index in [9.17, 15) is 4.79 Å². The molecule has 4 heteroatoms. The average Bonchev–Trinajstić information content (AvgIpc) is 2.19. The average molecular weight is 209 g/mol. The molecule has 0 radical (unpaired) electrons. The Balaban J connectivity index is 2.62. The van der Waals surface area contributed by atoms with Crippen LogP contribution < -0.4 is 0 Å². The lowest BCUT2D eigenvalue weighted by atomic mass is 10.2. The van der Waals surface area contributed by atoms with Crippen molar-refractivity contribution >= 4 is 5.97 Å². The van der Waals surface area contributed by atoms with Gasteiger partial charge in [0.1, 0.15) is 6.04 Å². The molecule has 0 aliphatic carbocycles. The summed E-state index contributed by atoms with van der Waals surface area (Å²) in [5, 5.41) is 17.7. The molecule has 0 saturated carbocycles. The molecule has 4 nitrogen and oxygen atoms in total. The van der Waals surface area contributed by atoms with Crippen molar-refractivity contribution in [1.82, 2.24) is 4.90 Å². The van der Waals surface area contributed by atoms with Gasteiger partial charge in [-0.15, -0.1) is 0 Å². The highest BCUT2D eigenvalue weighted by Crippen LogP contribution is 2.05. The lowest BCUT2D eigenvalue weighted by Crippen LogP contribution is -2.40. The van der Waals surface area contributed by atoms with Crippen molar-refractivity contribution in [3.05, 3.63) is 35.9 Å². The summed E-state index contributed by atoms with van der Waals surface area (Å²) in [6.45, 7) is 0.136. The molecule has 82 valence electrons. The molecule has 0 aliphatic heterocycles. The number of rotatable bonds is 5. The van der Waals surface area contributed by atoms with Crippen LogP contribution in [0.3, 0.4) is 0 Å². The number of carbonyl (C=O) groups is 1. The van der Waals surface area contributed by atoms with Gasteiger partial charge in [0.25, 0.3) is 0 Å². The first-order valence-corrected chi connectivity index (χ1v) is 4.73. The Morgan fingerprint density at radius 1 is 1.40 bits per heavy atom. The Morgan fingerprint density at radius 3 is 2.47 bits per heavy atom. The predicted octanol–water partition coefficient (Wildman–Crippen LogP) is 0.564. The summed E-state index contributed by atoms with van der Waals surface area (Å²) < 4.78 is 0. The fraction of sp³-hybridized carbons (Fsp3) is 0.364. The third kappa shape index (κ3) is 3.34. The van der Waals surface area contributed by atoms with Crippen LogP contribution in [-0.2, 0) is 11.3 Å². The second-order valence-electron chi connectivity index (χ2n) is 3.44. The third-order valence-electron chi connectivity index (χ3n) is 2.26. The van der Waals surface area contributed by atoms with Crippen LogP contribution in [0.25, 0.3) is 0 Å². The number of hydrogen-bond acceptors (Lipinski definition) is 3. The summed E-state index contributed by atoms with van der Waals surface area (Å²) >= 11 is 0. The lowest BCUT2D eigenvalue weighted by molar-refractivity contribution is -0.144. The number of carboxylic acids is 1. The smallest absolute Gasteiger partial charge is 0.323 e. The minimum absolute atomic E-state index is 0.376. The summed E-state index contributed by atoms with van der Waals surface area (Å²) in [6.07, 6.45) is 0. The van der Waals surface area contributed by atoms with Gasteiger partial charge >= 0.3 is 5.97 Å². The minimum Gasteiger partial charge on any atom is -0.480 e. The maximum Gasteiger partial charge on any atom is 0.323 e. The Labute approximate surface area is 88.8 Å². The zero-order valence-corrected chi connectivity index (χ0v) is 8.63. The molecule has 15 heavy (non-hydrogen) atoms. The van der Waals surface area contributed by atoms with Gasteiger partial charge in [-0.3, -0.25) is 9.69 Å². The first kappa shape index (κ1) is 11.7. The van der Waals surface area contributed by atoms with Gasteiger partial charge in [0.2, 0.25) is 0 Å². The van der Waals surface area contributed by atoms with E-state index in [-0.39, 0.29) is 6.61 Å². The van der Waals surface area contributed by atoms with E-state index in [1.165, 1.54) is 0 Å². The molecule has 0 aromatic heterocycles. The molecule has 0 aliphatic rings. The van der Waals surface area contributed by atoms with Crippen molar-refractivity contribution in [2.45, 2.75) is 12.6 Å². The molecule has 0 bridgehead atoms. The Hall–Kier alpha value is -1.39. The van der Waals surface area contributed by atoms with Gasteiger partial charge in [-0.1, -0.05) is 30.3 Å². The largest absolute Gasteiger partial charge is 0.480 e. The van der Waals surface area contributed by atoms with E-state index >= 15 is 0 Å². The normalized spacial score (nSPS) is 12.7. The van der Waals surface area contributed by atoms with Crippen molar-refractivity contribution in [1.29, 1.82) is 0 Å². The molecular weight excluding hydrogens is 194 g/mol. The van der Waals surface area contributed by atoms with E-state index < -0.39 is 12.0 Å². The number of hydrogen-bond donors (Lipinski definition) is 2. The van der Waals surface area contributed by atoms with Crippen LogP contribution >= 0.6 is 0 Å². The quantitative estimate of drug-likeness (QED) is 0.744. The van der Waals surface area contributed by atoms with Crippen molar-refractivity contribution in [3.8, 4) is 0 Å². The van der Waals surface area contributed by atoms with Crippen molar-refractivity contribution in [3.63, 3.8) is 0 Å². The third-order valence-corrected chi connectivity index (χ3v) is 2.26. The topological polar surface area (TPSA) is 60.8 Å². The number of carboxylic acid groups (broad SMARTS) is 1. The second kappa shape index (κ2) is 5.48. The van der Waals surface area contributed by atoms with Crippen LogP contribution in [0.1, 0.15) is 5.56 Å². The van der Waals surface area contributed by atoms with Gasteiger partial charge in [0.05, 0.1) is 6.61 Å². The monoisotopic (exact) mass is 209 g/mol. The highest BCUT2D eigenvalue weighted by Gasteiger charge is 2.21. The number of nitrogens with zero attached hydrogens (tertiary/aromatic N) is 1. The van der Waals surface area contributed by atoms with Crippen LogP contribution in [0.5, 0.6) is 0 Å². The summed E-state index contributed by atoms with van der Waals surface area (Å²) in [5.74, 6) is -1.00. The maximum absolute atomic E-state index is 10.8. The maximum atomic E-state index is 10.8. The standard InChI is InChI=1S/C11H15NO3/c1-12(10(8-13)11(14)15)7-9-5-3-2-4-6-9/h2-6,10,13H,7-8H2,1H3,(H,14,15). The van der Waals surface area contributed by atoms with E-state index in [0.717, 1.165) is 5.56 Å². The molecule has 0 fully saturated rings. The molecule has 2 N–H and O–H groups in total. The molecule has 1 aromatic rings. The van der Waals surface area contributed by atoms with Gasteiger partial charge in [-0.25, -0.2) is 0 Å². The number of aliphatic hydroxyl groups is 1. The molecule has 0 amide bonds. The van der Waals surface area contributed by atoms with Gasteiger partial charge in [0.15, 0.2) is 0 Å². The first-order valence-electron chi connectivity index (χ1n) is 4.73. The van der Waals surface area contributed by atoms with Gasteiger partial charge in [-0.2, -0.15) is 0 Å². The molecular formula is C11H15NO3. The first-order chi connectivity index (χ1) is 7.15. The summed E-state index contributed by atoms with van der Waals surface area (Å²) in [7, 11) is 1.68. The number of aliphatic carboxylic acids is 1. The van der Waals surface area contributed by atoms with Crippen LogP contribution in [-0.4, -0.2) is 40.8 Å². The number of benzene rings is 1. The molecule has 1 aromatic carbocycles. The van der Waals surface area contributed by atoms with E-state index in [2.05, 4.69) is 0 Å².